The average molecular weight is 273 g/mol. The molecule has 0 spiro atoms. The Morgan fingerprint density at radius 2 is 1.95 bits per heavy atom. The standard InChI is InChI=1S/C16H23N3O/c1-9(2)10-6-7-11-12(8-10)18-15(13(11)14(17)20)19-16(3,4)5/h6-9,18-19H,1-5H3,(H2,17,20). The maximum absolute atomic E-state index is 11.8. The second-order valence-corrected chi connectivity index (χ2v) is 6.57. The number of carbonyl (C=O) groups excluding carboxylic acids is 1. The van der Waals surface area contributed by atoms with E-state index < -0.39 is 5.91 Å². The van der Waals surface area contributed by atoms with E-state index in [0.29, 0.717) is 17.3 Å². The molecule has 108 valence electrons. The van der Waals surface area contributed by atoms with E-state index >= 15 is 0 Å². The van der Waals surface area contributed by atoms with Crippen LogP contribution >= 0.6 is 0 Å². The predicted molar refractivity (Wildman–Crippen MR) is 84.3 cm³/mol. The third kappa shape index (κ3) is 2.79. The van der Waals surface area contributed by atoms with Crippen LogP contribution in [-0.4, -0.2) is 16.4 Å². The maximum atomic E-state index is 11.8. The Morgan fingerprint density at radius 1 is 1.30 bits per heavy atom. The predicted octanol–water partition coefficient (Wildman–Crippen LogP) is 3.60. The van der Waals surface area contributed by atoms with Crippen molar-refractivity contribution in [3.8, 4) is 0 Å². The van der Waals surface area contributed by atoms with Gasteiger partial charge in [-0.15, -0.1) is 0 Å². The molecule has 0 aliphatic heterocycles. The lowest BCUT2D eigenvalue weighted by atomic mass is 10.0. The molecule has 0 atom stereocenters. The molecule has 0 saturated heterocycles. The number of aromatic nitrogens is 1. The Hall–Kier alpha value is -1.97. The van der Waals surface area contributed by atoms with Gasteiger partial charge in [0.15, 0.2) is 0 Å². The number of hydrogen-bond donors (Lipinski definition) is 3. The normalized spacial score (nSPS) is 12.1. The highest BCUT2D eigenvalue weighted by atomic mass is 16.1. The zero-order chi connectivity index (χ0) is 15.1. The number of nitrogens with one attached hydrogen (secondary N) is 2. The van der Waals surface area contributed by atoms with Gasteiger partial charge in [0.05, 0.1) is 5.56 Å². The first-order valence-corrected chi connectivity index (χ1v) is 6.92. The molecule has 1 aromatic heterocycles. The minimum Gasteiger partial charge on any atom is -0.366 e. The number of rotatable bonds is 3. The summed E-state index contributed by atoms with van der Waals surface area (Å²) in [5.41, 5.74) is 8.10. The third-order valence-electron chi connectivity index (χ3n) is 3.24. The average Bonchev–Trinajstić information content (AvgIpc) is 2.62. The van der Waals surface area contributed by atoms with Crippen molar-refractivity contribution >= 4 is 22.6 Å². The minimum absolute atomic E-state index is 0.147. The first kappa shape index (κ1) is 14.4. The first-order valence-electron chi connectivity index (χ1n) is 6.92. The maximum Gasteiger partial charge on any atom is 0.253 e. The van der Waals surface area contributed by atoms with Crippen molar-refractivity contribution in [3.05, 3.63) is 29.3 Å². The number of nitrogens with two attached hydrogens (primary N) is 1. The summed E-state index contributed by atoms with van der Waals surface area (Å²) in [5.74, 6) is 0.722. The number of H-pyrrole nitrogens is 1. The molecule has 0 aliphatic rings. The molecule has 1 amide bonds. The molecule has 1 heterocycles. The number of amides is 1. The number of fused-ring (bicyclic) bond motifs is 1. The van der Waals surface area contributed by atoms with Crippen LogP contribution in [0.2, 0.25) is 0 Å². The first-order chi connectivity index (χ1) is 9.19. The van der Waals surface area contributed by atoms with E-state index in [1.165, 1.54) is 5.56 Å². The van der Waals surface area contributed by atoms with Crippen molar-refractivity contribution in [1.82, 2.24) is 4.98 Å². The van der Waals surface area contributed by atoms with Crippen LogP contribution in [0.4, 0.5) is 5.82 Å². The number of aromatic amines is 1. The van der Waals surface area contributed by atoms with Gasteiger partial charge >= 0.3 is 0 Å². The van der Waals surface area contributed by atoms with Crippen LogP contribution in [0.5, 0.6) is 0 Å². The van der Waals surface area contributed by atoms with Crippen molar-refractivity contribution in [2.24, 2.45) is 5.73 Å². The van der Waals surface area contributed by atoms with E-state index in [-0.39, 0.29) is 5.54 Å². The molecular weight excluding hydrogens is 250 g/mol. The van der Waals surface area contributed by atoms with Crippen LogP contribution in [0.3, 0.4) is 0 Å². The van der Waals surface area contributed by atoms with Gasteiger partial charge in [0.2, 0.25) is 0 Å². The summed E-state index contributed by atoms with van der Waals surface area (Å²) in [7, 11) is 0. The lowest BCUT2D eigenvalue weighted by Gasteiger charge is -2.21. The highest BCUT2D eigenvalue weighted by Crippen LogP contribution is 2.30. The van der Waals surface area contributed by atoms with Crippen LogP contribution in [-0.2, 0) is 0 Å². The molecule has 0 fully saturated rings. The molecule has 0 aliphatic carbocycles. The summed E-state index contributed by atoms with van der Waals surface area (Å²) in [6.45, 7) is 10.4. The molecule has 0 saturated carbocycles. The second kappa shape index (κ2) is 4.85. The van der Waals surface area contributed by atoms with Crippen molar-refractivity contribution in [2.45, 2.75) is 46.1 Å². The fourth-order valence-corrected chi connectivity index (χ4v) is 2.30. The van der Waals surface area contributed by atoms with E-state index in [0.717, 1.165) is 10.9 Å². The Kier molecular flexibility index (Phi) is 3.50. The van der Waals surface area contributed by atoms with Gasteiger partial charge in [0.25, 0.3) is 5.91 Å². The van der Waals surface area contributed by atoms with E-state index in [1.807, 2.05) is 32.9 Å². The van der Waals surface area contributed by atoms with E-state index in [2.05, 4.69) is 30.2 Å². The topological polar surface area (TPSA) is 70.9 Å². The molecule has 4 nitrogen and oxygen atoms in total. The summed E-state index contributed by atoms with van der Waals surface area (Å²) in [6, 6.07) is 6.10. The van der Waals surface area contributed by atoms with Crippen LogP contribution < -0.4 is 11.1 Å². The Balaban J connectivity index is 2.62. The molecule has 2 rings (SSSR count). The second-order valence-electron chi connectivity index (χ2n) is 6.57. The lowest BCUT2D eigenvalue weighted by Crippen LogP contribution is -2.28. The van der Waals surface area contributed by atoms with Gasteiger partial charge < -0.3 is 16.0 Å². The molecule has 0 unspecified atom stereocenters. The summed E-state index contributed by atoms with van der Waals surface area (Å²) < 4.78 is 0. The van der Waals surface area contributed by atoms with Gasteiger partial charge in [0.1, 0.15) is 5.82 Å². The Labute approximate surface area is 119 Å². The van der Waals surface area contributed by atoms with Crippen molar-refractivity contribution in [1.29, 1.82) is 0 Å². The zero-order valence-corrected chi connectivity index (χ0v) is 12.8. The zero-order valence-electron chi connectivity index (χ0n) is 12.8. The molecule has 4 N–H and O–H groups in total. The minimum atomic E-state index is -0.416. The Morgan fingerprint density at radius 3 is 2.45 bits per heavy atom. The molecule has 0 bridgehead atoms. The highest BCUT2D eigenvalue weighted by molar-refractivity contribution is 6.11. The van der Waals surface area contributed by atoms with Crippen LogP contribution in [0.25, 0.3) is 10.9 Å². The fraction of sp³-hybridized carbons (Fsp3) is 0.438. The van der Waals surface area contributed by atoms with E-state index in [1.54, 1.807) is 0 Å². The molecule has 1 aromatic carbocycles. The van der Waals surface area contributed by atoms with Crippen molar-refractivity contribution in [3.63, 3.8) is 0 Å². The van der Waals surface area contributed by atoms with Gasteiger partial charge in [-0.3, -0.25) is 4.79 Å². The van der Waals surface area contributed by atoms with Gasteiger partial charge in [-0.25, -0.2) is 0 Å². The van der Waals surface area contributed by atoms with Gasteiger partial charge in [-0.1, -0.05) is 26.0 Å². The number of anilines is 1. The number of primary amides is 1. The smallest absolute Gasteiger partial charge is 0.253 e. The van der Waals surface area contributed by atoms with Crippen LogP contribution in [0, 0.1) is 0 Å². The Bertz CT molecular complexity index is 648. The third-order valence-corrected chi connectivity index (χ3v) is 3.24. The fourth-order valence-electron chi connectivity index (χ4n) is 2.30. The number of hydrogen-bond acceptors (Lipinski definition) is 2. The molecular formula is C16H23N3O. The van der Waals surface area contributed by atoms with Gasteiger partial charge in [-0.05, 0) is 38.3 Å². The largest absolute Gasteiger partial charge is 0.366 e. The number of benzene rings is 1. The van der Waals surface area contributed by atoms with Gasteiger partial charge in [-0.2, -0.15) is 0 Å². The molecule has 0 radical (unpaired) electrons. The summed E-state index contributed by atoms with van der Waals surface area (Å²) in [6.07, 6.45) is 0. The van der Waals surface area contributed by atoms with Crippen LogP contribution in [0.1, 0.15) is 56.5 Å². The van der Waals surface area contributed by atoms with Crippen LogP contribution in [0.15, 0.2) is 18.2 Å². The molecule has 4 heteroatoms. The number of carbonyl (C=O) groups is 1. The van der Waals surface area contributed by atoms with Crippen molar-refractivity contribution in [2.75, 3.05) is 5.32 Å². The quantitative estimate of drug-likeness (QED) is 0.799. The van der Waals surface area contributed by atoms with Crippen molar-refractivity contribution < 1.29 is 4.79 Å². The van der Waals surface area contributed by atoms with E-state index in [4.69, 9.17) is 5.73 Å². The highest BCUT2D eigenvalue weighted by Gasteiger charge is 2.20. The molecule has 20 heavy (non-hydrogen) atoms. The summed E-state index contributed by atoms with van der Waals surface area (Å²) >= 11 is 0. The van der Waals surface area contributed by atoms with Gasteiger partial charge in [0, 0.05) is 16.4 Å². The lowest BCUT2D eigenvalue weighted by molar-refractivity contribution is 0.100. The molecule has 2 aromatic rings. The van der Waals surface area contributed by atoms with E-state index in [9.17, 15) is 4.79 Å². The summed E-state index contributed by atoms with van der Waals surface area (Å²) in [5, 5.41) is 4.18. The summed E-state index contributed by atoms with van der Waals surface area (Å²) in [4.78, 5) is 15.0. The monoisotopic (exact) mass is 273 g/mol. The SMILES string of the molecule is CC(C)c1ccc2c(C(N)=O)c(NC(C)(C)C)[nH]c2c1.